The zero-order valence-electron chi connectivity index (χ0n) is 16.7. The van der Waals surface area contributed by atoms with E-state index in [1.54, 1.807) is 6.07 Å². The average Bonchev–Trinajstić information content (AvgIpc) is 2.73. The second-order valence-corrected chi connectivity index (χ2v) is 7.25. The third kappa shape index (κ3) is 3.89. The van der Waals surface area contributed by atoms with E-state index in [1.807, 2.05) is 11.9 Å². The van der Waals surface area contributed by atoms with Gasteiger partial charge in [-0.05, 0) is 25.1 Å². The normalized spacial score (nSPS) is 32.6. The molecule has 0 spiro atoms. The minimum Gasteiger partial charge on any atom is -0.493 e. The second kappa shape index (κ2) is 9.00. The van der Waals surface area contributed by atoms with Crippen LogP contribution >= 0.6 is 0 Å². The fourth-order valence-corrected chi connectivity index (χ4v) is 3.90. The summed E-state index contributed by atoms with van der Waals surface area (Å²) in [6, 6.07) is 1.50. The molecule has 5 N–H and O–H groups in total. The van der Waals surface area contributed by atoms with Gasteiger partial charge in [0, 0.05) is 12.1 Å². The molecule has 1 aromatic rings. The van der Waals surface area contributed by atoms with Crippen molar-refractivity contribution in [1.29, 1.82) is 0 Å². The number of fused-ring (bicyclic) bond motifs is 1. The summed E-state index contributed by atoms with van der Waals surface area (Å²) in [5, 5.41) is 49.7. The molecule has 0 aliphatic carbocycles. The first-order chi connectivity index (χ1) is 13.9. The van der Waals surface area contributed by atoms with E-state index in [1.165, 1.54) is 14.2 Å². The second-order valence-electron chi connectivity index (χ2n) is 7.25. The zero-order chi connectivity index (χ0) is 21.3. The Bertz CT molecular complexity index is 713. The van der Waals surface area contributed by atoms with Crippen LogP contribution in [0.2, 0.25) is 0 Å². The number of ether oxygens (including phenoxy) is 4. The number of benzene rings is 1. The van der Waals surface area contributed by atoms with Crippen molar-refractivity contribution in [2.24, 2.45) is 0 Å². The Morgan fingerprint density at radius 1 is 1.03 bits per heavy atom. The molecule has 1 aromatic carbocycles. The number of methoxy groups -OCH3 is 2. The molecule has 164 valence electrons. The number of hydrogen-bond donors (Lipinski definition) is 5. The lowest BCUT2D eigenvalue weighted by molar-refractivity contribution is -0.277. The quantitative estimate of drug-likeness (QED) is 0.369. The molecule has 29 heavy (non-hydrogen) atoms. The first kappa shape index (κ1) is 22.0. The lowest BCUT2D eigenvalue weighted by atomic mass is 9.91. The molecule has 1 saturated heterocycles. The van der Waals surface area contributed by atoms with Crippen molar-refractivity contribution in [3.8, 4) is 17.2 Å². The molecule has 2 aliphatic heterocycles. The molecule has 0 radical (unpaired) electrons. The smallest absolute Gasteiger partial charge is 0.229 e. The Balaban J connectivity index is 2.05. The molecule has 0 amide bonds. The largest absolute Gasteiger partial charge is 0.493 e. The Morgan fingerprint density at radius 3 is 2.34 bits per heavy atom. The lowest BCUT2D eigenvalue weighted by Gasteiger charge is -2.41. The highest BCUT2D eigenvalue weighted by Gasteiger charge is 2.45. The summed E-state index contributed by atoms with van der Waals surface area (Å²) in [5.41, 5.74) is 1.55. The van der Waals surface area contributed by atoms with Crippen molar-refractivity contribution < 1.29 is 44.5 Å². The van der Waals surface area contributed by atoms with E-state index in [4.69, 9.17) is 18.9 Å². The molecule has 6 atom stereocenters. The molecule has 0 saturated carbocycles. The lowest BCUT2D eigenvalue weighted by Crippen LogP contribution is -2.60. The number of aliphatic hydroxyl groups excluding tert-OH is 5. The van der Waals surface area contributed by atoms with Crippen molar-refractivity contribution in [2.75, 3.05) is 41.0 Å². The molecule has 0 bridgehead atoms. The number of hydrogen-bond acceptors (Lipinski definition) is 10. The first-order valence-electron chi connectivity index (χ1n) is 9.43. The predicted molar refractivity (Wildman–Crippen MR) is 100 cm³/mol. The highest BCUT2D eigenvalue weighted by molar-refractivity contribution is 5.60. The van der Waals surface area contributed by atoms with Crippen LogP contribution < -0.4 is 14.2 Å². The van der Waals surface area contributed by atoms with Crippen LogP contribution in [0.4, 0.5) is 0 Å². The van der Waals surface area contributed by atoms with Crippen molar-refractivity contribution in [2.45, 2.75) is 43.2 Å². The maximum Gasteiger partial charge on any atom is 0.229 e. The van der Waals surface area contributed by atoms with Gasteiger partial charge in [-0.1, -0.05) is 0 Å². The van der Waals surface area contributed by atoms with Crippen LogP contribution in [0.1, 0.15) is 17.2 Å². The molecule has 10 nitrogen and oxygen atoms in total. The Hall–Kier alpha value is -1.66. The van der Waals surface area contributed by atoms with Crippen LogP contribution in [0.5, 0.6) is 17.2 Å². The average molecular weight is 415 g/mol. The van der Waals surface area contributed by atoms with Crippen molar-refractivity contribution in [3.05, 3.63) is 17.2 Å². The highest BCUT2D eigenvalue weighted by atomic mass is 16.7. The Labute approximate surface area is 168 Å². The zero-order valence-corrected chi connectivity index (χ0v) is 16.7. The van der Waals surface area contributed by atoms with Crippen LogP contribution in [0, 0.1) is 0 Å². The molecule has 1 fully saturated rings. The molecule has 10 heteroatoms. The Kier molecular flexibility index (Phi) is 6.84. The van der Waals surface area contributed by atoms with Crippen LogP contribution in [-0.4, -0.2) is 102 Å². The summed E-state index contributed by atoms with van der Waals surface area (Å²) in [6.45, 7) is -0.0211. The molecule has 0 aromatic heterocycles. The third-order valence-corrected chi connectivity index (χ3v) is 5.62. The van der Waals surface area contributed by atoms with Gasteiger partial charge in [-0.2, -0.15) is 0 Å². The Morgan fingerprint density at radius 2 is 1.76 bits per heavy atom. The summed E-state index contributed by atoms with van der Waals surface area (Å²) < 4.78 is 22.3. The van der Waals surface area contributed by atoms with E-state index in [9.17, 15) is 25.5 Å². The van der Waals surface area contributed by atoms with Gasteiger partial charge in [0.1, 0.15) is 24.4 Å². The summed E-state index contributed by atoms with van der Waals surface area (Å²) in [5.74, 6) is 0.918. The van der Waals surface area contributed by atoms with Crippen LogP contribution in [0.25, 0.3) is 0 Å². The van der Waals surface area contributed by atoms with Gasteiger partial charge in [0.05, 0.1) is 33.5 Å². The molecule has 3 rings (SSSR count). The van der Waals surface area contributed by atoms with Crippen molar-refractivity contribution in [3.63, 3.8) is 0 Å². The van der Waals surface area contributed by atoms with E-state index in [0.717, 1.165) is 11.1 Å². The van der Waals surface area contributed by atoms with Gasteiger partial charge in [-0.25, -0.2) is 0 Å². The summed E-state index contributed by atoms with van der Waals surface area (Å²) >= 11 is 0. The van der Waals surface area contributed by atoms with E-state index in [-0.39, 0.29) is 24.1 Å². The van der Waals surface area contributed by atoms with E-state index < -0.39 is 37.3 Å². The first-order valence-corrected chi connectivity index (χ1v) is 9.43. The molecule has 2 aliphatic rings. The molecular weight excluding hydrogens is 386 g/mol. The van der Waals surface area contributed by atoms with Gasteiger partial charge < -0.3 is 44.5 Å². The molecule has 6 unspecified atom stereocenters. The van der Waals surface area contributed by atoms with Crippen molar-refractivity contribution in [1.82, 2.24) is 4.90 Å². The molecule has 2 heterocycles. The summed E-state index contributed by atoms with van der Waals surface area (Å²) in [6.07, 6.45) is -6.47. The van der Waals surface area contributed by atoms with Gasteiger partial charge in [0.25, 0.3) is 0 Å². The summed E-state index contributed by atoms with van der Waals surface area (Å²) in [7, 11) is 4.82. The number of aliphatic hydroxyl groups is 5. The third-order valence-electron chi connectivity index (χ3n) is 5.62. The van der Waals surface area contributed by atoms with Gasteiger partial charge in [0.2, 0.25) is 12.0 Å². The topological polar surface area (TPSA) is 141 Å². The summed E-state index contributed by atoms with van der Waals surface area (Å²) in [4.78, 5) is 2.01. The maximum absolute atomic E-state index is 10.4. The van der Waals surface area contributed by atoms with Crippen molar-refractivity contribution >= 4 is 0 Å². The van der Waals surface area contributed by atoms with Gasteiger partial charge >= 0.3 is 0 Å². The maximum atomic E-state index is 10.4. The fourth-order valence-electron chi connectivity index (χ4n) is 3.90. The van der Waals surface area contributed by atoms with Crippen LogP contribution in [-0.2, 0) is 11.2 Å². The fraction of sp³-hybridized carbons (Fsp3) is 0.684. The van der Waals surface area contributed by atoms with Gasteiger partial charge in [-0.3, -0.25) is 4.90 Å². The SMILES string of the molecule is COc1cc2c(c(OC3OC(CO)C(O)C(O)C3O)c1OC)CCN(C)C2CO. The van der Waals surface area contributed by atoms with Gasteiger partial charge in [-0.15, -0.1) is 0 Å². The van der Waals surface area contributed by atoms with Crippen LogP contribution in [0.15, 0.2) is 6.07 Å². The number of likely N-dealkylation sites (N-methyl/N-ethyl adjacent to an activating group) is 1. The molecular formula is C19H29NO9. The van der Waals surface area contributed by atoms with E-state index in [2.05, 4.69) is 0 Å². The number of rotatable bonds is 6. The minimum absolute atomic E-state index is 0.113. The predicted octanol–water partition coefficient (Wildman–Crippen LogP) is -1.60. The minimum atomic E-state index is -1.56. The standard InChI is InChI=1S/C19H29NO9/c1-20-5-4-9-10(11(20)7-21)6-12(26-2)18(27-3)17(9)29-19-16(25)15(24)14(23)13(8-22)28-19/h6,11,13-16,19,21-25H,4-5,7-8H2,1-3H3. The number of nitrogens with zero attached hydrogens (tertiary/aromatic N) is 1. The highest BCUT2D eigenvalue weighted by Crippen LogP contribution is 2.47. The van der Waals surface area contributed by atoms with E-state index >= 15 is 0 Å². The van der Waals surface area contributed by atoms with E-state index in [0.29, 0.717) is 18.7 Å². The monoisotopic (exact) mass is 415 g/mol. The van der Waals surface area contributed by atoms with Crippen LogP contribution in [0.3, 0.4) is 0 Å². The van der Waals surface area contributed by atoms with Gasteiger partial charge in [0.15, 0.2) is 11.5 Å².